The van der Waals surface area contributed by atoms with E-state index in [0.717, 1.165) is 44.2 Å². The smallest absolute Gasteiger partial charge is 0.251 e. The lowest BCUT2D eigenvalue weighted by Gasteiger charge is -2.35. The summed E-state index contributed by atoms with van der Waals surface area (Å²) in [6.07, 6.45) is 0.606. The molecule has 1 saturated heterocycles. The maximum Gasteiger partial charge on any atom is 0.251 e. The number of halogens is 1. The summed E-state index contributed by atoms with van der Waals surface area (Å²) in [4.78, 5) is 16.6. The molecule has 4 nitrogen and oxygen atoms in total. The Labute approximate surface area is 138 Å². The van der Waals surface area contributed by atoms with Gasteiger partial charge in [-0.1, -0.05) is 30.7 Å². The second kappa shape index (κ2) is 8.51. The molecule has 0 radical (unpaired) electrons. The Morgan fingerprint density at radius 2 is 1.86 bits per heavy atom. The lowest BCUT2D eigenvalue weighted by atomic mass is 10.2. The van der Waals surface area contributed by atoms with Gasteiger partial charge in [-0.25, -0.2) is 0 Å². The second-order valence-electron chi connectivity index (χ2n) is 5.74. The summed E-state index contributed by atoms with van der Waals surface area (Å²) in [5.74, 6) is 0.111. The molecule has 1 atom stereocenters. The van der Waals surface area contributed by atoms with Crippen molar-refractivity contribution < 1.29 is 9.53 Å². The number of ether oxygens (including phenoxy) is 1. The van der Waals surface area contributed by atoms with Crippen LogP contribution in [0.5, 0.6) is 0 Å². The van der Waals surface area contributed by atoms with E-state index < -0.39 is 0 Å². The molecular weight excluding hydrogens is 300 g/mol. The molecule has 1 amide bonds. The first kappa shape index (κ1) is 17.3. The Bertz CT molecular complexity index is 470. The van der Waals surface area contributed by atoms with Crippen LogP contribution < -0.4 is 0 Å². The molecule has 5 heteroatoms. The molecule has 0 aromatic heterocycles. The third-order valence-electron chi connectivity index (χ3n) is 3.92. The van der Waals surface area contributed by atoms with Crippen LogP contribution in [-0.2, 0) is 16.1 Å². The Balaban J connectivity index is 1.77. The first-order chi connectivity index (χ1) is 10.6. The lowest BCUT2D eigenvalue weighted by Crippen LogP contribution is -2.51. The molecule has 0 saturated carbocycles. The summed E-state index contributed by atoms with van der Waals surface area (Å²) in [5, 5.41) is 0.764. The number of carbonyl (C=O) groups excluding carboxylic acids is 1. The lowest BCUT2D eigenvalue weighted by molar-refractivity contribution is -0.144. The van der Waals surface area contributed by atoms with E-state index in [-0.39, 0.29) is 12.0 Å². The molecule has 1 aromatic carbocycles. The Kier molecular flexibility index (Phi) is 6.68. The number of amides is 1. The van der Waals surface area contributed by atoms with E-state index in [1.807, 2.05) is 30.9 Å². The van der Waals surface area contributed by atoms with Crippen LogP contribution in [0, 0.1) is 0 Å². The first-order valence-electron chi connectivity index (χ1n) is 7.97. The van der Waals surface area contributed by atoms with E-state index in [4.69, 9.17) is 16.3 Å². The number of nitrogens with zero attached hydrogens (tertiary/aromatic N) is 2. The number of piperazine rings is 1. The van der Waals surface area contributed by atoms with Crippen molar-refractivity contribution in [3.05, 3.63) is 34.9 Å². The van der Waals surface area contributed by atoms with Gasteiger partial charge in [-0.15, -0.1) is 0 Å². The quantitative estimate of drug-likeness (QED) is 0.806. The van der Waals surface area contributed by atoms with Crippen LogP contribution in [0.2, 0.25) is 5.02 Å². The van der Waals surface area contributed by atoms with Crippen LogP contribution in [0.3, 0.4) is 0 Å². The van der Waals surface area contributed by atoms with Crippen molar-refractivity contribution in [2.24, 2.45) is 0 Å². The number of hydrogen-bond donors (Lipinski definition) is 0. The monoisotopic (exact) mass is 324 g/mol. The van der Waals surface area contributed by atoms with Gasteiger partial charge in [-0.2, -0.15) is 0 Å². The van der Waals surface area contributed by atoms with Crippen LogP contribution in [0.1, 0.15) is 25.8 Å². The average molecular weight is 325 g/mol. The van der Waals surface area contributed by atoms with E-state index >= 15 is 0 Å². The molecule has 22 heavy (non-hydrogen) atoms. The van der Waals surface area contributed by atoms with E-state index in [2.05, 4.69) is 17.0 Å². The minimum atomic E-state index is -0.331. The van der Waals surface area contributed by atoms with Crippen LogP contribution >= 0.6 is 11.6 Å². The molecule has 1 fully saturated rings. The Morgan fingerprint density at radius 3 is 2.45 bits per heavy atom. The van der Waals surface area contributed by atoms with Crippen molar-refractivity contribution in [1.82, 2.24) is 9.80 Å². The average Bonchev–Trinajstić information content (AvgIpc) is 2.55. The van der Waals surface area contributed by atoms with Gasteiger partial charge in [0.15, 0.2) is 0 Å². The highest BCUT2D eigenvalue weighted by atomic mass is 35.5. The van der Waals surface area contributed by atoms with Crippen LogP contribution in [0.25, 0.3) is 0 Å². The molecule has 2 rings (SSSR count). The fourth-order valence-electron chi connectivity index (χ4n) is 2.60. The number of hydrogen-bond acceptors (Lipinski definition) is 3. The molecule has 1 aromatic rings. The summed E-state index contributed by atoms with van der Waals surface area (Å²) in [6.45, 7) is 8.78. The molecule has 0 bridgehead atoms. The van der Waals surface area contributed by atoms with Gasteiger partial charge >= 0.3 is 0 Å². The fraction of sp³-hybridized carbons (Fsp3) is 0.588. The predicted molar refractivity (Wildman–Crippen MR) is 89.0 cm³/mol. The largest absolute Gasteiger partial charge is 0.369 e. The molecule has 0 aliphatic carbocycles. The molecule has 122 valence electrons. The van der Waals surface area contributed by atoms with Crippen molar-refractivity contribution >= 4 is 17.5 Å². The maximum absolute atomic E-state index is 12.3. The third-order valence-corrected chi connectivity index (χ3v) is 4.18. The number of rotatable bonds is 6. The summed E-state index contributed by atoms with van der Waals surface area (Å²) in [7, 11) is 0. The minimum absolute atomic E-state index is 0.111. The van der Waals surface area contributed by atoms with Gasteiger partial charge in [0, 0.05) is 44.4 Å². The molecule has 0 spiro atoms. The standard InChI is InChI=1S/C17H25ClN2O2/c1-3-12-22-14(2)17(21)20-10-8-19(9-11-20)13-15-4-6-16(18)7-5-15/h4-7,14H,3,8-13H2,1-2H3/t14-/m1/s1. The molecular formula is C17H25ClN2O2. The topological polar surface area (TPSA) is 32.8 Å². The molecule has 1 aliphatic rings. The molecule has 1 heterocycles. The van der Waals surface area contributed by atoms with Gasteiger partial charge in [0.1, 0.15) is 6.10 Å². The Morgan fingerprint density at radius 1 is 1.23 bits per heavy atom. The molecule has 0 N–H and O–H groups in total. The first-order valence-corrected chi connectivity index (χ1v) is 8.35. The van der Waals surface area contributed by atoms with Gasteiger partial charge < -0.3 is 9.64 Å². The third kappa shape index (κ3) is 4.97. The van der Waals surface area contributed by atoms with E-state index in [1.165, 1.54) is 5.56 Å². The van der Waals surface area contributed by atoms with E-state index in [1.54, 1.807) is 0 Å². The van der Waals surface area contributed by atoms with Gasteiger partial charge in [-0.3, -0.25) is 9.69 Å². The van der Waals surface area contributed by atoms with Crippen molar-refractivity contribution in [2.45, 2.75) is 32.9 Å². The highest BCUT2D eigenvalue weighted by Crippen LogP contribution is 2.13. The second-order valence-corrected chi connectivity index (χ2v) is 6.18. The molecule has 0 unspecified atom stereocenters. The van der Waals surface area contributed by atoms with Crippen LogP contribution in [0.15, 0.2) is 24.3 Å². The van der Waals surface area contributed by atoms with Gasteiger partial charge in [0.05, 0.1) is 0 Å². The van der Waals surface area contributed by atoms with E-state index in [0.29, 0.717) is 6.61 Å². The van der Waals surface area contributed by atoms with Crippen molar-refractivity contribution in [3.8, 4) is 0 Å². The SMILES string of the molecule is CCCO[C@H](C)C(=O)N1CCN(Cc2ccc(Cl)cc2)CC1. The summed E-state index contributed by atoms with van der Waals surface area (Å²) < 4.78 is 5.52. The Hall–Kier alpha value is -1.10. The molecule has 1 aliphatic heterocycles. The maximum atomic E-state index is 12.3. The van der Waals surface area contributed by atoms with Gasteiger partial charge in [-0.05, 0) is 31.0 Å². The zero-order valence-corrected chi connectivity index (χ0v) is 14.2. The van der Waals surface area contributed by atoms with Gasteiger partial charge in [0.2, 0.25) is 0 Å². The van der Waals surface area contributed by atoms with Crippen molar-refractivity contribution in [1.29, 1.82) is 0 Å². The highest BCUT2D eigenvalue weighted by molar-refractivity contribution is 6.30. The van der Waals surface area contributed by atoms with Crippen LogP contribution in [-0.4, -0.2) is 54.6 Å². The summed E-state index contributed by atoms with van der Waals surface area (Å²) in [5.41, 5.74) is 1.25. The van der Waals surface area contributed by atoms with Crippen LogP contribution in [0.4, 0.5) is 0 Å². The fourth-order valence-corrected chi connectivity index (χ4v) is 2.72. The predicted octanol–water partition coefficient (Wildman–Crippen LogP) is 2.80. The van der Waals surface area contributed by atoms with Crippen molar-refractivity contribution in [2.75, 3.05) is 32.8 Å². The normalized spacial score (nSPS) is 17.5. The van der Waals surface area contributed by atoms with E-state index in [9.17, 15) is 4.79 Å². The summed E-state index contributed by atoms with van der Waals surface area (Å²) in [6, 6.07) is 7.95. The zero-order chi connectivity index (χ0) is 15.9. The zero-order valence-electron chi connectivity index (χ0n) is 13.4. The summed E-state index contributed by atoms with van der Waals surface area (Å²) >= 11 is 5.90. The highest BCUT2D eigenvalue weighted by Gasteiger charge is 2.25. The number of carbonyl (C=O) groups is 1. The number of benzene rings is 1. The minimum Gasteiger partial charge on any atom is -0.369 e. The van der Waals surface area contributed by atoms with Gasteiger partial charge in [0.25, 0.3) is 5.91 Å². The van der Waals surface area contributed by atoms with Crippen molar-refractivity contribution in [3.63, 3.8) is 0 Å².